The van der Waals surface area contributed by atoms with E-state index < -0.39 is 0 Å². The van der Waals surface area contributed by atoms with Crippen LogP contribution in [0.4, 0.5) is 0 Å². The van der Waals surface area contributed by atoms with Gasteiger partial charge in [0.2, 0.25) is 0 Å². The number of nitrogens with one attached hydrogen (secondary N) is 1. The third kappa shape index (κ3) is 2.21. The lowest BCUT2D eigenvalue weighted by molar-refractivity contribution is -0.150. The van der Waals surface area contributed by atoms with E-state index in [1.165, 1.54) is 25.7 Å². The number of morpholine rings is 1. The average molecular weight is 183 g/mol. The molecular formula is C10H17NO2. The van der Waals surface area contributed by atoms with Gasteiger partial charge in [0.25, 0.3) is 0 Å². The predicted molar refractivity (Wildman–Crippen MR) is 49.3 cm³/mol. The second-order valence-corrected chi connectivity index (χ2v) is 4.06. The molecule has 74 valence electrons. The lowest BCUT2D eigenvalue weighted by atomic mass is 9.98. The van der Waals surface area contributed by atoms with E-state index in [0.29, 0.717) is 6.61 Å². The predicted octanol–water partition coefficient (Wildman–Crippen LogP) is 1.08. The van der Waals surface area contributed by atoms with Gasteiger partial charge in [-0.05, 0) is 12.3 Å². The summed E-state index contributed by atoms with van der Waals surface area (Å²) in [7, 11) is 0. The smallest absolute Gasteiger partial charge is 0.323 e. The number of cyclic esters (lactones) is 1. The molecule has 2 aliphatic rings. The van der Waals surface area contributed by atoms with Crippen LogP contribution in [-0.2, 0) is 9.53 Å². The van der Waals surface area contributed by atoms with Crippen molar-refractivity contribution < 1.29 is 9.53 Å². The molecule has 1 atom stereocenters. The van der Waals surface area contributed by atoms with Crippen molar-refractivity contribution in [1.29, 1.82) is 0 Å². The molecular weight excluding hydrogens is 166 g/mol. The lowest BCUT2D eigenvalue weighted by Crippen LogP contribution is -2.46. The molecule has 1 aliphatic heterocycles. The van der Waals surface area contributed by atoms with E-state index in [0.717, 1.165) is 18.9 Å². The molecule has 1 saturated heterocycles. The number of carbonyl (C=O) groups is 1. The van der Waals surface area contributed by atoms with Crippen molar-refractivity contribution in [3.05, 3.63) is 0 Å². The first-order chi connectivity index (χ1) is 6.36. The molecule has 0 aromatic carbocycles. The molecule has 3 heteroatoms. The van der Waals surface area contributed by atoms with Crippen LogP contribution in [0.2, 0.25) is 0 Å². The van der Waals surface area contributed by atoms with Crippen LogP contribution in [0.25, 0.3) is 0 Å². The normalized spacial score (nSPS) is 30.5. The Hall–Kier alpha value is -0.570. The summed E-state index contributed by atoms with van der Waals surface area (Å²) in [6.45, 7) is 1.36. The highest BCUT2D eigenvalue weighted by Crippen LogP contribution is 2.29. The summed E-state index contributed by atoms with van der Waals surface area (Å²) < 4.78 is 5.00. The van der Waals surface area contributed by atoms with E-state index in [9.17, 15) is 4.79 Å². The first kappa shape index (κ1) is 9.00. The Morgan fingerprint density at radius 1 is 1.38 bits per heavy atom. The van der Waals surface area contributed by atoms with Gasteiger partial charge in [-0.25, -0.2) is 0 Å². The highest BCUT2D eigenvalue weighted by Gasteiger charge is 2.27. The van der Waals surface area contributed by atoms with E-state index in [4.69, 9.17) is 4.74 Å². The summed E-state index contributed by atoms with van der Waals surface area (Å²) >= 11 is 0. The maximum Gasteiger partial charge on any atom is 0.323 e. The highest BCUT2D eigenvalue weighted by atomic mass is 16.5. The SMILES string of the molecule is O=C1OCCNC1CC1CCCC1. The van der Waals surface area contributed by atoms with Gasteiger partial charge in [-0.3, -0.25) is 4.79 Å². The van der Waals surface area contributed by atoms with Crippen LogP contribution in [0.15, 0.2) is 0 Å². The summed E-state index contributed by atoms with van der Waals surface area (Å²) in [4.78, 5) is 11.3. The summed E-state index contributed by atoms with van der Waals surface area (Å²) in [5, 5.41) is 3.22. The largest absolute Gasteiger partial charge is 0.463 e. The zero-order chi connectivity index (χ0) is 9.10. The monoisotopic (exact) mass is 183 g/mol. The number of esters is 1. The number of hydrogen-bond donors (Lipinski definition) is 1. The van der Waals surface area contributed by atoms with Crippen molar-refractivity contribution >= 4 is 5.97 Å². The Kier molecular flexibility index (Phi) is 2.83. The Morgan fingerprint density at radius 3 is 2.85 bits per heavy atom. The van der Waals surface area contributed by atoms with E-state index in [-0.39, 0.29) is 12.0 Å². The average Bonchev–Trinajstić information content (AvgIpc) is 2.61. The van der Waals surface area contributed by atoms with Gasteiger partial charge < -0.3 is 10.1 Å². The maximum atomic E-state index is 11.3. The molecule has 0 amide bonds. The Morgan fingerprint density at radius 2 is 2.15 bits per heavy atom. The molecule has 3 nitrogen and oxygen atoms in total. The Labute approximate surface area is 78.8 Å². The zero-order valence-electron chi connectivity index (χ0n) is 7.92. The minimum absolute atomic E-state index is 0.0168. The zero-order valence-corrected chi connectivity index (χ0v) is 7.92. The van der Waals surface area contributed by atoms with Gasteiger partial charge in [0.05, 0.1) is 0 Å². The lowest BCUT2D eigenvalue weighted by Gasteiger charge is -2.24. The van der Waals surface area contributed by atoms with Crippen LogP contribution < -0.4 is 5.32 Å². The summed E-state index contributed by atoms with van der Waals surface area (Å²) in [6, 6.07) is -0.0168. The van der Waals surface area contributed by atoms with Gasteiger partial charge >= 0.3 is 5.97 Å². The maximum absolute atomic E-state index is 11.3. The molecule has 0 radical (unpaired) electrons. The molecule has 1 aliphatic carbocycles. The van der Waals surface area contributed by atoms with E-state index in [2.05, 4.69) is 5.32 Å². The van der Waals surface area contributed by atoms with Crippen molar-refractivity contribution in [3.63, 3.8) is 0 Å². The fourth-order valence-electron chi connectivity index (χ4n) is 2.33. The minimum atomic E-state index is -0.0434. The fourth-order valence-corrected chi connectivity index (χ4v) is 2.33. The van der Waals surface area contributed by atoms with Crippen LogP contribution >= 0.6 is 0 Å². The van der Waals surface area contributed by atoms with E-state index in [1.807, 2.05) is 0 Å². The molecule has 0 aromatic rings. The van der Waals surface area contributed by atoms with Gasteiger partial charge in [-0.15, -0.1) is 0 Å². The van der Waals surface area contributed by atoms with Crippen molar-refractivity contribution in [2.24, 2.45) is 5.92 Å². The fraction of sp³-hybridized carbons (Fsp3) is 0.900. The summed E-state index contributed by atoms with van der Waals surface area (Å²) in [5.41, 5.74) is 0. The Bertz CT molecular complexity index is 187. The van der Waals surface area contributed by atoms with Crippen LogP contribution in [0.5, 0.6) is 0 Å². The van der Waals surface area contributed by atoms with E-state index >= 15 is 0 Å². The first-order valence-electron chi connectivity index (χ1n) is 5.26. The van der Waals surface area contributed by atoms with E-state index in [1.54, 1.807) is 0 Å². The van der Waals surface area contributed by atoms with Gasteiger partial charge in [-0.1, -0.05) is 25.7 Å². The van der Waals surface area contributed by atoms with Crippen molar-refractivity contribution in [2.45, 2.75) is 38.1 Å². The third-order valence-electron chi connectivity index (χ3n) is 3.07. The first-order valence-corrected chi connectivity index (χ1v) is 5.26. The molecule has 2 fully saturated rings. The Balaban J connectivity index is 1.81. The number of ether oxygens (including phenoxy) is 1. The molecule has 1 unspecified atom stereocenters. The molecule has 1 saturated carbocycles. The summed E-state index contributed by atoms with van der Waals surface area (Å²) in [6.07, 6.45) is 6.26. The van der Waals surface area contributed by atoms with Gasteiger partial charge in [0.1, 0.15) is 12.6 Å². The van der Waals surface area contributed by atoms with Crippen LogP contribution in [0, 0.1) is 5.92 Å². The molecule has 13 heavy (non-hydrogen) atoms. The topological polar surface area (TPSA) is 38.3 Å². The number of rotatable bonds is 2. The van der Waals surface area contributed by atoms with Crippen LogP contribution in [-0.4, -0.2) is 25.2 Å². The number of hydrogen-bond acceptors (Lipinski definition) is 3. The van der Waals surface area contributed by atoms with Gasteiger partial charge in [-0.2, -0.15) is 0 Å². The van der Waals surface area contributed by atoms with Crippen molar-refractivity contribution in [1.82, 2.24) is 5.32 Å². The van der Waals surface area contributed by atoms with Crippen molar-refractivity contribution in [3.8, 4) is 0 Å². The van der Waals surface area contributed by atoms with Gasteiger partial charge in [0.15, 0.2) is 0 Å². The molecule has 1 heterocycles. The number of carbonyl (C=O) groups excluding carboxylic acids is 1. The molecule has 0 bridgehead atoms. The minimum Gasteiger partial charge on any atom is -0.463 e. The molecule has 0 aromatic heterocycles. The third-order valence-corrected chi connectivity index (χ3v) is 3.07. The molecule has 2 rings (SSSR count). The second-order valence-electron chi connectivity index (χ2n) is 4.06. The quantitative estimate of drug-likeness (QED) is 0.651. The highest BCUT2D eigenvalue weighted by molar-refractivity contribution is 5.76. The molecule has 0 spiro atoms. The second kappa shape index (κ2) is 4.09. The van der Waals surface area contributed by atoms with Crippen LogP contribution in [0.3, 0.4) is 0 Å². The van der Waals surface area contributed by atoms with Crippen LogP contribution in [0.1, 0.15) is 32.1 Å². The summed E-state index contributed by atoms with van der Waals surface area (Å²) in [5.74, 6) is 0.710. The van der Waals surface area contributed by atoms with Gasteiger partial charge in [0, 0.05) is 6.54 Å². The van der Waals surface area contributed by atoms with Crippen molar-refractivity contribution in [2.75, 3.05) is 13.2 Å². The standard InChI is InChI=1S/C10H17NO2/c12-10-9(11-5-6-13-10)7-8-3-1-2-4-8/h8-9,11H,1-7H2. The molecule has 1 N–H and O–H groups in total.